The maximum absolute atomic E-state index is 12.8. The van der Waals surface area contributed by atoms with Crippen LogP contribution in [0.1, 0.15) is 31.2 Å². The Labute approximate surface area is 136 Å². The number of hydrogen-bond donors (Lipinski definition) is 5. The van der Waals surface area contributed by atoms with E-state index in [1.54, 1.807) is 12.1 Å². The molecule has 7 heteroatoms. The molecule has 1 heterocycles. The lowest BCUT2D eigenvalue weighted by molar-refractivity contribution is 0.242. The van der Waals surface area contributed by atoms with Crippen LogP contribution < -0.4 is 16.1 Å². The molecule has 0 atom stereocenters. The highest BCUT2D eigenvalue weighted by atomic mass is 19.1. The van der Waals surface area contributed by atoms with Gasteiger partial charge in [0.05, 0.1) is 0 Å². The normalized spacial score (nSPS) is 15.5. The minimum Gasteiger partial charge on any atom is -0.356 e. The number of hydrogen-bond acceptors (Lipinski definition) is 3. The number of nitrogens with zero attached hydrogens (tertiary/aromatic N) is 1. The monoisotopic (exact) mass is 320 g/mol. The van der Waals surface area contributed by atoms with E-state index in [0.29, 0.717) is 13.0 Å². The van der Waals surface area contributed by atoms with Gasteiger partial charge in [-0.2, -0.15) is 0 Å². The molecule has 1 aliphatic rings. The smallest absolute Gasteiger partial charge is 0.210 e. The molecule has 126 valence electrons. The predicted molar refractivity (Wildman–Crippen MR) is 89.9 cm³/mol. The second-order valence-corrected chi connectivity index (χ2v) is 5.69. The molecule has 0 radical (unpaired) electrons. The summed E-state index contributed by atoms with van der Waals surface area (Å²) in [5, 5.41) is 23.3. The zero-order valence-corrected chi connectivity index (χ0v) is 13.3. The first-order valence-electron chi connectivity index (χ1n) is 8.07. The Morgan fingerprint density at radius 1 is 1.00 bits per heavy atom. The minimum atomic E-state index is -0.246. The lowest BCUT2D eigenvalue weighted by Crippen LogP contribution is -2.52. The summed E-state index contributed by atoms with van der Waals surface area (Å²) in [6.07, 6.45) is 5.43. The highest BCUT2D eigenvalue weighted by molar-refractivity contribution is 5.95. The molecule has 1 saturated heterocycles. The van der Waals surface area contributed by atoms with Gasteiger partial charge in [-0.1, -0.05) is 25.0 Å². The molecule has 0 unspecified atom stereocenters. The molecule has 0 bridgehead atoms. The van der Waals surface area contributed by atoms with Crippen molar-refractivity contribution in [1.29, 1.82) is 10.8 Å². The Bertz CT molecular complexity index is 508. The third-order valence-electron chi connectivity index (χ3n) is 3.75. The van der Waals surface area contributed by atoms with Gasteiger partial charge in [0.2, 0.25) is 5.96 Å². The summed E-state index contributed by atoms with van der Waals surface area (Å²) in [5.74, 6) is -0.0604. The van der Waals surface area contributed by atoms with Crippen LogP contribution in [0.4, 0.5) is 4.39 Å². The summed E-state index contributed by atoms with van der Waals surface area (Å²) in [5.41, 5.74) is 3.99. The first kappa shape index (κ1) is 17.2. The van der Waals surface area contributed by atoms with E-state index in [4.69, 9.17) is 10.8 Å². The lowest BCUT2D eigenvalue weighted by Gasteiger charge is -2.23. The fraction of sp³-hybridized carbons (Fsp3) is 0.500. The van der Waals surface area contributed by atoms with Crippen molar-refractivity contribution in [2.45, 2.75) is 32.1 Å². The van der Waals surface area contributed by atoms with Crippen LogP contribution in [0.5, 0.6) is 0 Å². The summed E-state index contributed by atoms with van der Waals surface area (Å²) in [6, 6.07) is 6.33. The van der Waals surface area contributed by atoms with Crippen molar-refractivity contribution in [2.24, 2.45) is 0 Å². The second kappa shape index (κ2) is 9.09. The average Bonchev–Trinajstić information content (AvgIpc) is 2.77. The SMILES string of the molecule is N=C(NCCc1ccc(F)cc1)NC(=N)NN1CCCCCC1. The van der Waals surface area contributed by atoms with Crippen molar-refractivity contribution in [3.63, 3.8) is 0 Å². The molecule has 1 fully saturated rings. The molecule has 1 aliphatic heterocycles. The molecule has 6 nitrogen and oxygen atoms in total. The molecule has 0 saturated carbocycles. The topological polar surface area (TPSA) is 87.0 Å². The fourth-order valence-corrected chi connectivity index (χ4v) is 2.52. The van der Waals surface area contributed by atoms with Crippen molar-refractivity contribution >= 4 is 11.9 Å². The Balaban J connectivity index is 1.63. The zero-order chi connectivity index (χ0) is 16.5. The molecule has 1 aromatic carbocycles. The van der Waals surface area contributed by atoms with E-state index in [1.807, 2.05) is 5.01 Å². The Hall–Kier alpha value is -2.15. The number of guanidine groups is 2. The van der Waals surface area contributed by atoms with E-state index in [2.05, 4.69) is 16.1 Å². The van der Waals surface area contributed by atoms with Gasteiger partial charge in [-0.25, -0.2) is 9.40 Å². The van der Waals surface area contributed by atoms with Gasteiger partial charge in [-0.3, -0.25) is 21.6 Å². The highest BCUT2D eigenvalue weighted by Crippen LogP contribution is 2.07. The summed E-state index contributed by atoms with van der Waals surface area (Å²) in [7, 11) is 0. The Kier molecular flexibility index (Phi) is 6.80. The minimum absolute atomic E-state index is 0.0828. The van der Waals surface area contributed by atoms with Crippen LogP contribution in [0, 0.1) is 16.6 Å². The first-order chi connectivity index (χ1) is 11.1. The van der Waals surface area contributed by atoms with Gasteiger partial charge in [-0.15, -0.1) is 0 Å². The second-order valence-electron chi connectivity index (χ2n) is 5.69. The first-order valence-corrected chi connectivity index (χ1v) is 8.07. The summed E-state index contributed by atoms with van der Waals surface area (Å²) >= 11 is 0. The van der Waals surface area contributed by atoms with E-state index >= 15 is 0 Å². The Morgan fingerprint density at radius 3 is 2.30 bits per heavy atom. The van der Waals surface area contributed by atoms with Crippen LogP contribution >= 0.6 is 0 Å². The van der Waals surface area contributed by atoms with Gasteiger partial charge in [0, 0.05) is 19.6 Å². The predicted octanol–water partition coefficient (Wildman–Crippen LogP) is 1.80. The molecule has 0 aliphatic carbocycles. The van der Waals surface area contributed by atoms with Gasteiger partial charge in [-0.05, 0) is 37.0 Å². The van der Waals surface area contributed by atoms with Gasteiger partial charge in [0.1, 0.15) is 5.82 Å². The fourth-order valence-electron chi connectivity index (χ4n) is 2.52. The van der Waals surface area contributed by atoms with Crippen LogP contribution in [0.3, 0.4) is 0 Å². The van der Waals surface area contributed by atoms with E-state index < -0.39 is 0 Å². The van der Waals surface area contributed by atoms with Gasteiger partial charge >= 0.3 is 0 Å². The van der Waals surface area contributed by atoms with Crippen molar-refractivity contribution in [3.8, 4) is 0 Å². The molecule has 5 N–H and O–H groups in total. The highest BCUT2D eigenvalue weighted by Gasteiger charge is 2.10. The quantitative estimate of drug-likeness (QED) is 0.432. The van der Waals surface area contributed by atoms with Crippen LogP contribution in [-0.4, -0.2) is 36.6 Å². The molecule has 0 aromatic heterocycles. The van der Waals surface area contributed by atoms with Crippen LogP contribution in [0.2, 0.25) is 0 Å². The van der Waals surface area contributed by atoms with Crippen LogP contribution in [0.15, 0.2) is 24.3 Å². The summed E-state index contributed by atoms with van der Waals surface area (Å²) in [4.78, 5) is 0. The molecule has 23 heavy (non-hydrogen) atoms. The lowest BCUT2D eigenvalue weighted by atomic mass is 10.1. The maximum atomic E-state index is 12.8. The Morgan fingerprint density at radius 2 is 1.65 bits per heavy atom. The van der Waals surface area contributed by atoms with E-state index in [-0.39, 0.29) is 17.7 Å². The largest absolute Gasteiger partial charge is 0.356 e. The van der Waals surface area contributed by atoms with E-state index in [1.165, 1.54) is 25.0 Å². The van der Waals surface area contributed by atoms with Crippen molar-refractivity contribution in [1.82, 2.24) is 21.1 Å². The molecule has 2 rings (SSSR count). The number of halogens is 1. The average molecular weight is 320 g/mol. The third kappa shape index (κ3) is 6.65. The summed E-state index contributed by atoms with van der Waals surface area (Å²) in [6.45, 7) is 2.40. The van der Waals surface area contributed by atoms with Crippen molar-refractivity contribution < 1.29 is 4.39 Å². The number of nitrogens with one attached hydrogen (secondary N) is 5. The van der Waals surface area contributed by atoms with Crippen LogP contribution in [0.25, 0.3) is 0 Å². The van der Waals surface area contributed by atoms with Gasteiger partial charge in [0.15, 0.2) is 5.96 Å². The third-order valence-corrected chi connectivity index (χ3v) is 3.75. The van der Waals surface area contributed by atoms with E-state index in [9.17, 15) is 4.39 Å². The van der Waals surface area contributed by atoms with E-state index in [0.717, 1.165) is 31.5 Å². The number of rotatable bonds is 4. The van der Waals surface area contributed by atoms with Gasteiger partial charge in [0.25, 0.3) is 0 Å². The number of benzene rings is 1. The molecular formula is C16H25FN6. The maximum Gasteiger partial charge on any atom is 0.210 e. The van der Waals surface area contributed by atoms with Crippen LogP contribution in [-0.2, 0) is 6.42 Å². The molecule has 0 spiro atoms. The van der Waals surface area contributed by atoms with Gasteiger partial charge < -0.3 is 5.32 Å². The molecule has 0 amide bonds. The molecular weight excluding hydrogens is 295 g/mol. The van der Waals surface area contributed by atoms with Crippen molar-refractivity contribution in [2.75, 3.05) is 19.6 Å². The zero-order valence-electron chi connectivity index (χ0n) is 13.3. The standard InChI is InChI=1S/C16H25FN6/c17-14-7-5-13(6-8-14)9-10-20-15(18)21-16(19)22-23-11-3-1-2-4-12-23/h5-8H,1-4,9-12H2,(H5,18,19,20,21,22). The van der Waals surface area contributed by atoms with Crippen molar-refractivity contribution in [3.05, 3.63) is 35.6 Å². The molecule has 1 aromatic rings. The number of hydrazine groups is 1. The summed E-state index contributed by atoms with van der Waals surface area (Å²) < 4.78 is 12.8.